The molecule has 2 heteroatoms. The van der Waals surface area contributed by atoms with E-state index < -0.39 is 5.41 Å². The minimum Gasteiger partial charge on any atom is -0.302 e. The normalized spacial score (nSPS) is 11.2. The van der Waals surface area contributed by atoms with Crippen molar-refractivity contribution in [2.75, 3.05) is 0 Å². The number of hydrogen-bond acceptors (Lipinski definition) is 2. The van der Waals surface area contributed by atoms with Crippen LogP contribution in [0.4, 0.5) is 0 Å². The molecule has 64 valence electrons. The van der Waals surface area contributed by atoms with Crippen LogP contribution in [-0.2, 0) is 10.2 Å². The summed E-state index contributed by atoms with van der Waals surface area (Å²) in [5.41, 5.74) is 1.69. The summed E-state index contributed by atoms with van der Waals surface area (Å²) < 4.78 is 0. The number of aldehydes is 1. The lowest BCUT2D eigenvalue weighted by atomic mass is 9.85. The number of rotatable bonds is 2. The Hall–Kier alpha value is -1.18. The first-order valence-corrected chi connectivity index (χ1v) is 3.95. The number of carbonyl (C=O) groups is 1. The van der Waals surface area contributed by atoms with E-state index in [1.165, 1.54) is 0 Å². The first-order valence-electron chi connectivity index (χ1n) is 3.95. The quantitative estimate of drug-likeness (QED) is 0.623. The Bertz CT molecular complexity index is 292. The average molecular weight is 163 g/mol. The monoisotopic (exact) mass is 163 g/mol. The number of hydrogen-bond donors (Lipinski definition) is 0. The van der Waals surface area contributed by atoms with E-state index >= 15 is 0 Å². The molecule has 0 aliphatic heterocycles. The summed E-state index contributed by atoms with van der Waals surface area (Å²) in [5, 5.41) is 0. The number of aromatic nitrogens is 1. The topological polar surface area (TPSA) is 30.0 Å². The third-order valence-electron chi connectivity index (χ3n) is 2.03. The molecule has 1 aromatic rings. The third-order valence-corrected chi connectivity index (χ3v) is 2.03. The van der Waals surface area contributed by atoms with E-state index in [2.05, 4.69) is 4.98 Å². The zero-order chi connectivity index (χ0) is 9.19. The van der Waals surface area contributed by atoms with Crippen LogP contribution in [-0.4, -0.2) is 11.3 Å². The van der Waals surface area contributed by atoms with Gasteiger partial charge in [-0.05, 0) is 38.0 Å². The zero-order valence-corrected chi connectivity index (χ0v) is 7.66. The second kappa shape index (κ2) is 3.05. The van der Waals surface area contributed by atoms with Crippen LogP contribution < -0.4 is 0 Å². The highest BCUT2D eigenvalue weighted by atomic mass is 16.1. The molecule has 0 aromatic carbocycles. The predicted molar refractivity (Wildman–Crippen MR) is 48.1 cm³/mol. The van der Waals surface area contributed by atoms with Crippen LogP contribution in [0.5, 0.6) is 0 Å². The smallest absolute Gasteiger partial charge is 0.130 e. The first kappa shape index (κ1) is 8.91. The van der Waals surface area contributed by atoms with Crippen molar-refractivity contribution in [1.82, 2.24) is 4.98 Å². The fourth-order valence-corrected chi connectivity index (χ4v) is 1.20. The van der Waals surface area contributed by atoms with Crippen molar-refractivity contribution >= 4 is 6.29 Å². The van der Waals surface area contributed by atoms with Crippen molar-refractivity contribution in [3.63, 3.8) is 0 Å². The molecular formula is C10H13NO. The molecule has 0 saturated heterocycles. The lowest BCUT2D eigenvalue weighted by molar-refractivity contribution is -0.111. The number of carbonyl (C=O) groups excluding carboxylic acids is 1. The number of nitrogens with zero attached hydrogens (tertiary/aromatic N) is 1. The maximum atomic E-state index is 10.8. The van der Waals surface area contributed by atoms with Gasteiger partial charge in [-0.25, -0.2) is 0 Å². The summed E-state index contributed by atoms with van der Waals surface area (Å²) in [5.74, 6) is 0. The first-order chi connectivity index (χ1) is 5.58. The third kappa shape index (κ3) is 1.52. The van der Waals surface area contributed by atoms with Gasteiger partial charge in [-0.15, -0.1) is 0 Å². The van der Waals surface area contributed by atoms with E-state index in [-0.39, 0.29) is 0 Å². The molecule has 1 aromatic heterocycles. The molecule has 1 rings (SSSR count). The van der Waals surface area contributed by atoms with Crippen LogP contribution in [0.25, 0.3) is 0 Å². The molecule has 0 spiro atoms. The van der Waals surface area contributed by atoms with Crippen molar-refractivity contribution < 1.29 is 4.79 Å². The van der Waals surface area contributed by atoms with Gasteiger partial charge in [0.1, 0.15) is 6.29 Å². The maximum absolute atomic E-state index is 10.8. The van der Waals surface area contributed by atoms with E-state index in [9.17, 15) is 4.79 Å². The Morgan fingerprint density at radius 2 is 2.17 bits per heavy atom. The second-order valence-corrected chi connectivity index (χ2v) is 3.53. The van der Waals surface area contributed by atoms with Crippen LogP contribution in [0.1, 0.15) is 25.0 Å². The summed E-state index contributed by atoms with van der Waals surface area (Å²) in [6.45, 7) is 5.77. The lowest BCUT2D eigenvalue weighted by Crippen LogP contribution is -2.20. The van der Waals surface area contributed by atoms with Gasteiger partial charge in [-0.2, -0.15) is 0 Å². The highest BCUT2D eigenvalue weighted by molar-refractivity contribution is 5.67. The average Bonchev–Trinajstić information content (AvgIpc) is 2.05. The van der Waals surface area contributed by atoms with Crippen LogP contribution in [0, 0.1) is 6.92 Å². The van der Waals surface area contributed by atoms with Crippen molar-refractivity contribution in [3.8, 4) is 0 Å². The summed E-state index contributed by atoms with van der Waals surface area (Å²) in [7, 11) is 0. The molecular weight excluding hydrogens is 150 g/mol. The van der Waals surface area contributed by atoms with Crippen LogP contribution in [0.2, 0.25) is 0 Å². The fourth-order valence-electron chi connectivity index (χ4n) is 1.20. The van der Waals surface area contributed by atoms with Crippen molar-refractivity contribution in [3.05, 3.63) is 29.6 Å². The summed E-state index contributed by atoms with van der Waals surface area (Å²) in [4.78, 5) is 14.8. The molecule has 0 saturated carbocycles. The molecule has 0 atom stereocenters. The van der Waals surface area contributed by atoms with E-state index in [1.54, 1.807) is 12.4 Å². The van der Waals surface area contributed by atoms with Crippen molar-refractivity contribution in [2.24, 2.45) is 0 Å². The summed E-state index contributed by atoms with van der Waals surface area (Å²) in [6, 6.07) is 1.92. The van der Waals surface area contributed by atoms with Gasteiger partial charge in [-0.3, -0.25) is 4.98 Å². The SMILES string of the molecule is Cc1ccncc1C(C)(C)C=O. The van der Waals surface area contributed by atoms with Crippen molar-refractivity contribution in [2.45, 2.75) is 26.2 Å². The molecule has 1 heterocycles. The molecule has 0 aliphatic carbocycles. The van der Waals surface area contributed by atoms with E-state index in [1.807, 2.05) is 26.8 Å². The highest BCUT2D eigenvalue weighted by Gasteiger charge is 2.21. The Labute approximate surface area is 72.6 Å². The molecule has 0 amide bonds. The van der Waals surface area contributed by atoms with Gasteiger partial charge in [0.05, 0.1) is 0 Å². The van der Waals surface area contributed by atoms with E-state index in [0.717, 1.165) is 17.4 Å². The van der Waals surface area contributed by atoms with Gasteiger partial charge in [0, 0.05) is 17.8 Å². The molecule has 0 bridgehead atoms. The number of pyridine rings is 1. The van der Waals surface area contributed by atoms with Crippen LogP contribution in [0.15, 0.2) is 18.5 Å². The highest BCUT2D eigenvalue weighted by Crippen LogP contribution is 2.22. The lowest BCUT2D eigenvalue weighted by Gasteiger charge is -2.18. The van der Waals surface area contributed by atoms with Gasteiger partial charge >= 0.3 is 0 Å². The Kier molecular flexibility index (Phi) is 2.27. The summed E-state index contributed by atoms with van der Waals surface area (Å²) in [6.07, 6.45) is 4.44. The Morgan fingerprint density at radius 1 is 1.50 bits per heavy atom. The maximum Gasteiger partial charge on any atom is 0.130 e. The molecule has 0 fully saturated rings. The van der Waals surface area contributed by atoms with Crippen LogP contribution >= 0.6 is 0 Å². The molecule has 0 radical (unpaired) electrons. The minimum absolute atomic E-state index is 0.418. The van der Waals surface area contributed by atoms with Gasteiger partial charge < -0.3 is 4.79 Å². The Morgan fingerprint density at radius 3 is 2.67 bits per heavy atom. The molecule has 0 unspecified atom stereocenters. The Balaban J connectivity index is 3.19. The number of aryl methyl sites for hydroxylation is 1. The standard InChI is InChI=1S/C10H13NO/c1-8-4-5-11-6-9(8)10(2,3)7-12/h4-7H,1-3H3. The van der Waals surface area contributed by atoms with Gasteiger partial charge in [0.25, 0.3) is 0 Å². The zero-order valence-electron chi connectivity index (χ0n) is 7.66. The van der Waals surface area contributed by atoms with E-state index in [4.69, 9.17) is 0 Å². The fraction of sp³-hybridized carbons (Fsp3) is 0.400. The molecule has 2 nitrogen and oxygen atoms in total. The predicted octanol–water partition coefficient (Wildman–Crippen LogP) is 1.87. The second-order valence-electron chi connectivity index (χ2n) is 3.53. The summed E-state index contributed by atoms with van der Waals surface area (Å²) >= 11 is 0. The van der Waals surface area contributed by atoms with Gasteiger partial charge in [-0.1, -0.05) is 0 Å². The molecule has 12 heavy (non-hydrogen) atoms. The van der Waals surface area contributed by atoms with E-state index in [0.29, 0.717) is 0 Å². The minimum atomic E-state index is -0.418. The van der Waals surface area contributed by atoms with Crippen molar-refractivity contribution in [1.29, 1.82) is 0 Å². The molecule has 0 aliphatic rings. The van der Waals surface area contributed by atoms with Crippen LogP contribution in [0.3, 0.4) is 0 Å². The molecule has 0 N–H and O–H groups in total. The largest absolute Gasteiger partial charge is 0.302 e. The van der Waals surface area contributed by atoms with Gasteiger partial charge in [0.2, 0.25) is 0 Å². The van der Waals surface area contributed by atoms with Gasteiger partial charge in [0.15, 0.2) is 0 Å².